The lowest BCUT2D eigenvalue weighted by Gasteiger charge is -2.05. The summed E-state index contributed by atoms with van der Waals surface area (Å²) in [7, 11) is 0. The fourth-order valence-electron chi connectivity index (χ4n) is 1.27. The number of hydrogen-bond acceptors (Lipinski definition) is 2. The monoisotopic (exact) mass is 212 g/mol. The molecule has 0 saturated heterocycles. The van der Waals surface area contributed by atoms with Gasteiger partial charge in [0, 0.05) is 6.20 Å². The van der Waals surface area contributed by atoms with E-state index in [2.05, 4.69) is 11.1 Å². The predicted molar refractivity (Wildman–Crippen MR) is 50.8 cm³/mol. The Morgan fingerprint density at radius 3 is 2.62 bits per heavy atom. The van der Waals surface area contributed by atoms with Crippen LogP contribution < -0.4 is 0 Å². The minimum atomic E-state index is -0.332. The van der Waals surface area contributed by atoms with Crippen LogP contribution in [0.4, 0.5) is 0 Å². The van der Waals surface area contributed by atoms with E-state index >= 15 is 0 Å². The van der Waals surface area contributed by atoms with Crippen molar-refractivity contribution in [2.45, 2.75) is 18.3 Å². The first-order chi connectivity index (χ1) is 6.18. The highest BCUT2D eigenvalue weighted by Crippen LogP contribution is 2.48. The minimum absolute atomic E-state index is 0.291. The van der Waals surface area contributed by atoms with E-state index in [0.717, 1.165) is 18.4 Å². The summed E-state index contributed by atoms with van der Waals surface area (Å²) < 4.78 is 0. The first-order valence-corrected chi connectivity index (χ1v) is 4.66. The van der Waals surface area contributed by atoms with Gasteiger partial charge in [-0.1, -0.05) is 23.2 Å². The Morgan fingerprint density at radius 1 is 1.46 bits per heavy atom. The largest absolute Gasteiger partial charge is 0.243 e. The smallest absolute Gasteiger partial charge is 0.147 e. The predicted octanol–water partition coefficient (Wildman–Crippen LogP) is 2.94. The summed E-state index contributed by atoms with van der Waals surface area (Å²) in [6, 6.07) is 4.00. The van der Waals surface area contributed by atoms with Crippen molar-refractivity contribution >= 4 is 23.2 Å². The Bertz CT molecular complexity index is 391. The minimum Gasteiger partial charge on any atom is -0.243 e. The van der Waals surface area contributed by atoms with E-state index in [1.165, 1.54) is 0 Å². The zero-order valence-electron chi connectivity index (χ0n) is 6.72. The number of pyridine rings is 1. The summed E-state index contributed by atoms with van der Waals surface area (Å²) in [4.78, 5) is 3.92. The maximum Gasteiger partial charge on any atom is 0.147 e. The molecule has 1 fully saturated rings. The molecule has 66 valence electrons. The Balaban J connectivity index is 2.44. The van der Waals surface area contributed by atoms with Gasteiger partial charge in [0.05, 0.1) is 16.5 Å². The molecule has 2 rings (SSSR count). The van der Waals surface area contributed by atoms with Gasteiger partial charge in [-0.2, -0.15) is 5.26 Å². The molecule has 4 heteroatoms. The summed E-state index contributed by atoms with van der Waals surface area (Å²) in [6.45, 7) is 0. The number of hydrogen-bond donors (Lipinski definition) is 0. The van der Waals surface area contributed by atoms with Gasteiger partial charge in [0.15, 0.2) is 0 Å². The Hall–Kier alpha value is -0.780. The van der Waals surface area contributed by atoms with Crippen molar-refractivity contribution in [3.63, 3.8) is 0 Å². The second kappa shape index (κ2) is 2.87. The molecule has 13 heavy (non-hydrogen) atoms. The summed E-state index contributed by atoms with van der Waals surface area (Å²) in [5.41, 5.74) is 0.547. The zero-order chi connectivity index (χ0) is 9.47. The van der Waals surface area contributed by atoms with Gasteiger partial charge in [-0.05, 0) is 24.5 Å². The zero-order valence-corrected chi connectivity index (χ0v) is 8.23. The average Bonchev–Trinajstić information content (AvgIpc) is 2.90. The number of aromatic nitrogens is 1. The second-order valence-corrected chi connectivity index (χ2v) is 3.96. The molecule has 1 aliphatic rings. The van der Waals surface area contributed by atoms with E-state index in [1.54, 1.807) is 12.3 Å². The van der Waals surface area contributed by atoms with Crippen molar-refractivity contribution in [1.29, 1.82) is 5.26 Å². The van der Waals surface area contributed by atoms with E-state index in [1.807, 2.05) is 0 Å². The van der Waals surface area contributed by atoms with Gasteiger partial charge >= 0.3 is 0 Å². The molecule has 0 unspecified atom stereocenters. The summed E-state index contributed by atoms with van der Waals surface area (Å²) in [5, 5.41) is 9.62. The van der Waals surface area contributed by atoms with Crippen molar-refractivity contribution in [3.8, 4) is 6.07 Å². The normalized spacial score (nSPS) is 17.9. The van der Waals surface area contributed by atoms with Crippen molar-refractivity contribution in [2.75, 3.05) is 0 Å². The standard InChI is InChI=1S/C9H6Cl2N2/c10-7-3-6(4-13-8(7)11)9(5-12)1-2-9/h3-4H,1-2H2. The van der Waals surface area contributed by atoms with Gasteiger partial charge in [0.2, 0.25) is 0 Å². The molecule has 1 aliphatic carbocycles. The van der Waals surface area contributed by atoms with Crippen LogP contribution in [-0.2, 0) is 5.41 Å². The van der Waals surface area contributed by atoms with Crippen molar-refractivity contribution in [2.24, 2.45) is 0 Å². The van der Waals surface area contributed by atoms with Crippen LogP contribution in [0.25, 0.3) is 0 Å². The van der Waals surface area contributed by atoms with Crippen LogP contribution in [0.1, 0.15) is 18.4 Å². The van der Waals surface area contributed by atoms with E-state index in [4.69, 9.17) is 28.5 Å². The highest BCUT2D eigenvalue weighted by atomic mass is 35.5. The number of nitriles is 1. The van der Waals surface area contributed by atoms with Crippen LogP contribution in [0.15, 0.2) is 12.3 Å². The third kappa shape index (κ3) is 1.39. The number of rotatable bonds is 1. The third-order valence-electron chi connectivity index (χ3n) is 2.31. The summed E-state index contributed by atoms with van der Waals surface area (Å²) in [6.07, 6.45) is 3.41. The lowest BCUT2D eigenvalue weighted by Crippen LogP contribution is -2.02. The van der Waals surface area contributed by atoms with E-state index in [-0.39, 0.29) is 5.41 Å². The Morgan fingerprint density at radius 2 is 2.15 bits per heavy atom. The van der Waals surface area contributed by atoms with Gasteiger partial charge in [-0.3, -0.25) is 0 Å². The van der Waals surface area contributed by atoms with Gasteiger partial charge < -0.3 is 0 Å². The average molecular weight is 213 g/mol. The van der Waals surface area contributed by atoms with Crippen LogP contribution in [0, 0.1) is 11.3 Å². The van der Waals surface area contributed by atoms with Crippen LogP contribution in [0.2, 0.25) is 10.2 Å². The highest BCUT2D eigenvalue weighted by molar-refractivity contribution is 6.41. The molecule has 0 amide bonds. The lowest BCUT2D eigenvalue weighted by atomic mass is 10.0. The molecule has 0 N–H and O–H groups in total. The van der Waals surface area contributed by atoms with Gasteiger partial charge in [-0.25, -0.2) is 4.98 Å². The highest BCUT2D eigenvalue weighted by Gasteiger charge is 2.45. The molecule has 1 saturated carbocycles. The topological polar surface area (TPSA) is 36.7 Å². The van der Waals surface area contributed by atoms with Gasteiger partial charge in [0.1, 0.15) is 5.15 Å². The summed E-state index contributed by atoms with van der Waals surface area (Å²) in [5.74, 6) is 0. The molecule has 0 radical (unpaired) electrons. The molecule has 0 aliphatic heterocycles. The van der Waals surface area contributed by atoms with E-state index in [9.17, 15) is 0 Å². The fourth-order valence-corrected chi connectivity index (χ4v) is 1.54. The molecular weight excluding hydrogens is 207 g/mol. The van der Waals surface area contributed by atoms with Crippen LogP contribution in [0.3, 0.4) is 0 Å². The number of nitrogens with zero attached hydrogens (tertiary/aromatic N) is 2. The Kier molecular flexibility index (Phi) is 1.94. The molecule has 1 aromatic heterocycles. The first-order valence-electron chi connectivity index (χ1n) is 3.91. The van der Waals surface area contributed by atoms with Crippen LogP contribution in [-0.4, -0.2) is 4.98 Å². The quantitative estimate of drug-likeness (QED) is 0.672. The van der Waals surface area contributed by atoms with Crippen LogP contribution in [0.5, 0.6) is 0 Å². The molecule has 0 spiro atoms. The van der Waals surface area contributed by atoms with Crippen LogP contribution >= 0.6 is 23.2 Å². The maximum atomic E-state index is 8.92. The maximum absolute atomic E-state index is 8.92. The van der Waals surface area contributed by atoms with Crippen molar-refractivity contribution in [1.82, 2.24) is 4.98 Å². The fraction of sp³-hybridized carbons (Fsp3) is 0.333. The lowest BCUT2D eigenvalue weighted by molar-refractivity contribution is 0.897. The van der Waals surface area contributed by atoms with Crippen molar-refractivity contribution < 1.29 is 0 Å². The first kappa shape index (κ1) is 8.80. The van der Waals surface area contributed by atoms with Gasteiger partial charge in [0.25, 0.3) is 0 Å². The molecule has 1 aromatic rings. The molecule has 2 nitrogen and oxygen atoms in total. The molecule has 0 bridgehead atoms. The number of halogens is 2. The second-order valence-electron chi connectivity index (χ2n) is 3.19. The van der Waals surface area contributed by atoms with Crippen molar-refractivity contribution in [3.05, 3.63) is 28.0 Å². The Labute approximate surface area is 86.1 Å². The molecular formula is C9H6Cl2N2. The van der Waals surface area contributed by atoms with Gasteiger partial charge in [-0.15, -0.1) is 0 Å². The van der Waals surface area contributed by atoms with E-state index < -0.39 is 0 Å². The third-order valence-corrected chi connectivity index (χ3v) is 3.00. The molecule has 0 aromatic carbocycles. The molecule has 1 heterocycles. The van der Waals surface area contributed by atoms with E-state index in [0.29, 0.717) is 10.2 Å². The summed E-state index contributed by atoms with van der Waals surface area (Å²) >= 11 is 11.5. The molecule has 0 atom stereocenters. The SMILES string of the molecule is N#CC1(c2cnc(Cl)c(Cl)c2)CC1.